The number of nitrogens with one attached hydrogen (secondary N) is 2. The van der Waals surface area contributed by atoms with Gasteiger partial charge in [-0.15, -0.1) is 0 Å². The fourth-order valence-electron chi connectivity index (χ4n) is 4.52. The van der Waals surface area contributed by atoms with Crippen LogP contribution in [0.25, 0.3) is 0 Å². The molecule has 2 heterocycles. The van der Waals surface area contributed by atoms with Crippen molar-refractivity contribution in [1.29, 1.82) is 0 Å². The number of aliphatic hydroxyl groups excluding tert-OH is 4. The lowest BCUT2D eigenvalue weighted by atomic mass is 9.97. The minimum absolute atomic E-state index is 0.0146. The molecular weight excluding hydrogens is 606 g/mol. The minimum atomic E-state index is -1.69. The van der Waals surface area contributed by atoms with Gasteiger partial charge in [0.2, 0.25) is 18.1 Å². The van der Waals surface area contributed by atoms with Gasteiger partial charge in [0.25, 0.3) is 11.8 Å². The second-order valence-corrected chi connectivity index (χ2v) is 12.1. The third kappa shape index (κ3) is 10.3. The van der Waals surface area contributed by atoms with E-state index in [-0.39, 0.29) is 61.7 Å². The first-order chi connectivity index (χ1) is 21.7. The molecular formula is C31H43N3O12. The molecule has 0 bridgehead atoms. The van der Waals surface area contributed by atoms with E-state index in [1.807, 2.05) is 0 Å². The number of aliphatic hydroxyl groups is 4. The van der Waals surface area contributed by atoms with E-state index in [9.17, 15) is 44.4 Å². The second kappa shape index (κ2) is 16.6. The van der Waals surface area contributed by atoms with Gasteiger partial charge in [0.05, 0.1) is 17.7 Å². The predicted octanol–water partition coefficient (Wildman–Crippen LogP) is -0.115. The number of ether oxygens (including phenoxy) is 3. The van der Waals surface area contributed by atoms with Crippen molar-refractivity contribution >= 4 is 35.3 Å². The number of amides is 4. The summed E-state index contributed by atoms with van der Waals surface area (Å²) in [5, 5.41) is 45.4. The fourth-order valence-corrected chi connectivity index (χ4v) is 4.52. The van der Waals surface area contributed by atoms with E-state index in [4.69, 9.17) is 14.2 Å². The highest BCUT2D eigenvalue weighted by atomic mass is 16.7. The predicted molar refractivity (Wildman–Crippen MR) is 161 cm³/mol. The Morgan fingerprint density at radius 3 is 2.28 bits per heavy atom. The van der Waals surface area contributed by atoms with Crippen LogP contribution in [0, 0.1) is 5.41 Å². The minimum Gasteiger partial charge on any atom is -0.460 e. The molecule has 1 saturated heterocycles. The van der Waals surface area contributed by atoms with E-state index in [0.29, 0.717) is 24.8 Å². The van der Waals surface area contributed by atoms with Crippen molar-refractivity contribution < 1.29 is 58.6 Å². The first-order valence-electron chi connectivity index (χ1n) is 15.1. The third-order valence-corrected chi connectivity index (χ3v) is 7.25. The Balaban J connectivity index is 1.55. The number of unbranched alkanes of at least 4 members (excludes halogenated alkanes) is 2. The summed E-state index contributed by atoms with van der Waals surface area (Å²) in [7, 11) is 0. The van der Waals surface area contributed by atoms with E-state index < -0.39 is 54.6 Å². The number of imide groups is 1. The molecule has 1 unspecified atom stereocenters. The van der Waals surface area contributed by atoms with Crippen molar-refractivity contribution in [3.63, 3.8) is 0 Å². The van der Waals surface area contributed by atoms with Gasteiger partial charge in [-0.2, -0.15) is 0 Å². The van der Waals surface area contributed by atoms with E-state index in [2.05, 4.69) is 10.6 Å². The molecule has 3 rings (SSSR count). The number of carbonyl (C=O) groups excluding carboxylic acids is 5. The van der Waals surface area contributed by atoms with Crippen LogP contribution in [-0.2, 0) is 40.1 Å². The molecule has 1 aromatic rings. The molecule has 15 heteroatoms. The van der Waals surface area contributed by atoms with Crippen molar-refractivity contribution in [1.82, 2.24) is 10.2 Å². The van der Waals surface area contributed by atoms with Crippen molar-refractivity contribution in [2.24, 2.45) is 5.41 Å². The largest absolute Gasteiger partial charge is 0.460 e. The topological polar surface area (TPSA) is 221 Å². The molecule has 254 valence electrons. The Morgan fingerprint density at radius 1 is 0.935 bits per heavy atom. The number of esters is 1. The van der Waals surface area contributed by atoms with E-state index in [0.717, 1.165) is 4.90 Å². The summed E-state index contributed by atoms with van der Waals surface area (Å²) >= 11 is 0. The van der Waals surface area contributed by atoms with Crippen LogP contribution < -0.4 is 15.4 Å². The standard InChI is InChI=1S/C31H43N3O12/c1-31(2,3)30(43)44-17-18-8-9-20(45-29-28(42)27(41)26(40)21(16-35)46-29)19(15-18)33-23(37)12-13-32-22(36)7-5-4-6-14-34-24(38)10-11-25(34)39/h8-11,15,21,26-29,35,40-42H,4-7,12-14,16-17H2,1-3H3,(H,32,36)(H,33,37)/t21-,26+,27+,28?,29-/m1/s1. The maximum atomic E-state index is 12.8. The zero-order chi connectivity index (χ0) is 34.0. The molecule has 6 N–H and O–H groups in total. The summed E-state index contributed by atoms with van der Waals surface area (Å²) in [6.45, 7) is 4.66. The van der Waals surface area contributed by atoms with Gasteiger partial charge in [0.1, 0.15) is 36.8 Å². The molecule has 5 atom stereocenters. The smallest absolute Gasteiger partial charge is 0.311 e. The maximum absolute atomic E-state index is 12.8. The zero-order valence-corrected chi connectivity index (χ0v) is 26.1. The molecule has 0 saturated carbocycles. The third-order valence-electron chi connectivity index (χ3n) is 7.25. The zero-order valence-electron chi connectivity index (χ0n) is 26.1. The van der Waals surface area contributed by atoms with Gasteiger partial charge in [0.15, 0.2) is 0 Å². The number of anilines is 1. The maximum Gasteiger partial charge on any atom is 0.311 e. The average molecular weight is 650 g/mol. The molecule has 0 aromatic heterocycles. The number of hydrogen-bond donors (Lipinski definition) is 6. The van der Waals surface area contributed by atoms with Gasteiger partial charge in [-0.1, -0.05) is 12.5 Å². The molecule has 4 amide bonds. The number of benzene rings is 1. The van der Waals surface area contributed by atoms with Gasteiger partial charge in [0, 0.05) is 38.1 Å². The Labute approximate surface area is 266 Å². The van der Waals surface area contributed by atoms with Crippen molar-refractivity contribution in [3.8, 4) is 5.75 Å². The Bertz CT molecular complexity index is 1270. The molecule has 2 aliphatic heterocycles. The van der Waals surface area contributed by atoms with Crippen molar-refractivity contribution in [2.45, 2.75) is 90.2 Å². The Kier molecular flexibility index (Phi) is 13.2. The summed E-state index contributed by atoms with van der Waals surface area (Å²) < 4.78 is 16.5. The molecule has 15 nitrogen and oxygen atoms in total. The van der Waals surface area contributed by atoms with Crippen LogP contribution in [0.5, 0.6) is 5.75 Å². The molecule has 0 radical (unpaired) electrons. The van der Waals surface area contributed by atoms with Crippen LogP contribution in [0.3, 0.4) is 0 Å². The number of nitrogens with zero attached hydrogens (tertiary/aromatic N) is 1. The average Bonchev–Trinajstić information content (AvgIpc) is 3.32. The van der Waals surface area contributed by atoms with E-state index in [1.54, 1.807) is 26.8 Å². The first kappa shape index (κ1) is 36.6. The number of hydrogen-bond acceptors (Lipinski definition) is 12. The summed E-state index contributed by atoms with van der Waals surface area (Å²) in [5.41, 5.74) is -0.125. The lowest BCUT2D eigenvalue weighted by Crippen LogP contribution is -2.60. The van der Waals surface area contributed by atoms with Crippen LogP contribution in [0.4, 0.5) is 5.69 Å². The summed E-state index contributed by atoms with van der Waals surface area (Å²) in [6, 6.07) is 4.49. The van der Waals surface area contributed by atoms with E-state index >= 15 is 0 Å². The molecule has 0 aliphatic carbocycles. The van der Waals surface area contributed by atoms with Crippen LogP contribution in [0.2, 0.25) is 0 Å². The second-order valence-electron chi connectivity index (χ2n) is 12.1. The lowest BCUT2D eigenvalue weighted by molar-refractivity contribution is -0.277. The van der Waals surface area contributed by atoms with Crippen molar-refractivity contribution in [2.75, 3.05) is 25.0 Å². The van der Waals surface area contributed by atoms with Crippen LogP contribution in [0.1, 0.15) is 58.4 Å². The SMILES string of the molecule is CC(C)(C)C(=O)OCc1ccc(O[C@@H]2O[C@H](CO)[C@H](O)[C@H](O)C2O)c(NC(=O)CCNC(=O)CCCCCN2C(=O)C=CC2=O)c1. The number of rotatable bonds is 15. The lowest BCUT2D eigenvalue weighted by Gasteiger charge is -2.39. The number of carbonyl (C=O) groups is 5. The van der Waals surface area contributed by atoms with E-state index in [1.165, 1.54) is 24.3 Å². The highest BCUT2D eigenvalue weighted by molar-refractivity contribution is 6.12. The van der Waals surface area contributed by atoms with Gasteiger partial charge in [-0.25, -0.2) is 0 Å². The molecule has 1 aromatic carbocycles. The van der Waals surface area contributed by atoms with Crippen LogP contribution in [-0.4, -0.2) is 105 Å². The molecule has 2 aliphatic rings. The van der Waals surface area contributed by atoms with Gasteiger partial charge in [-0.05, 0) is 51.3 Å². The Hall–Kier alpha value is -3.89. The van der Waals surface area contributed by atoms with Crippen molar-refractivity contribution in [3.05, 3.63) is 35.9 Å². The summed E-state index contributed by atoms with van der Waals surface area (Å²) in [5.74, 6) is -1.88. The van der Waals surface area contributed by atoms with Gasteiger partial charge < -0.3 is 45.3 Å². The monoisotopic (exact) mass is 649 g/mol. The van der Waals surface area contributed by atoms with Gasteiger partial charge in [-0.3, -0.25) is 28.9 Å². The normalized spacial score (nSPS) is 22.9. The first-order valence-corrected chi connectivity index (χ1v) is 15.1. The Morgan fingerprint density at radius 2 is 1.63 bits per heavy atom. The van der Waals surface area contributed by atoms with Crippen LogP contribution in [0.15, 0.2) is 30.4 Å². The molecule has 0 spiro atoms. The summed E-state index contributed by atoms with van der Waals surface area (Å²) in [4.78, 5) is 61.6. The quantitative estimate of drug-likeness (QED) is 0.0832. The molecule has 46 heavy (non-hydrogen) atoms. The summed E-state index contributed by atoms with van der Waals surface area (Å²) in [6.07, 6.45) is -3.40. The highest BCUT2D eigenvalue weighted by Crippen LogP contribution is 2.31. The highest BCUT2D eigenvalue weighted by Gasteiger charge is 2.45. The molecule has 1 fully saturated rings. The van der Waals surface area contributed by atoms with Crippen LogP contribution >= 0.6 is 0 Å². The van der Waals surface area contributed by atoms with Gasteiger partial charge >= 0.3 is 5.97 Å². The fraction of sp³-hybridized carbons (Fsp3) is 0.581.